The Balaban J connectivity index is 1.30. The van der Waals surface area contributed by atoms with E-state index in [1.807, 2.05) is 4.90 Å². The van der Waals surface area contributed by atoms with Crippen molar-refractivity contribution in [1.29, 1.82) is 0 Å². The largest absolute Gasteiger partial charge is 0.497 e. The molecule has 10 nitrogen and oxygen atoms in total. The normalized spacial score (nSPS) is 20.2. The molecule has 0 unspecified atom stereocenters. The molecule has 36 heavy (non-hydrogen) atoms. The van der Waals surface area contributed by atoms with Crippen LogP contribution in [0.2, 0.25) is 0 Å². The van der Waals surface area contributed by atoms with E-state index >= 15 is 0 Å². The SMILES string of the molecule is COc1ccc(NC(=O)c2oc3cccnc3c2NC(=O)C2CCC(N3CCOCC3=O)CC2)cc1. The summed E-state index contributed by atoms with van der Waals surface area (Å²) < 4.78 is 16.2. The molecule has 2 aliphatic rings. The molecule has 10 heteroatoms. The Kier molecular flexibility index (Phi) is 6.86. The van der Waals surface area contributed by atoms with Crippen LogP contribution in [-0.4, -0.2) is 60.5 Å². The van der Waals surface area contributed by atoms with E-state index in [9.17, 15) is 14.4 Å². The number of morpholine rings is 1. The number of carbonyl (C=O) groups is 3. The molecule has 0 atom stereocenters. The summed E-state index contributed by atoms with van der Waals surface area (Å²) in [5.41, 5.74) is 1.63. The number of carbonyl (C=O) groups excluding carboxylic acids is 3. The van der Waals surface area contributed by atoms with Gasteiger partial charge in [0.1, 0.15) is 23.6 Å². The standard InChI is InChI=1S/C26H28N4O6/c1-34-19-10-6-17(7-11-19)28-26(33)24-23(22-20(36-24)3-2-12-27-22)29-25(32)16-4-8-18(9-5-16)30-13-14-35-15-21(30)31/h2-3,6-7,10-12,16,18H,4-5,8-9,13-15H2,1H3,(H,28,33)(H,29,32). The van der Waals surface area contributed by atoms with Crippen molar-refractivity contribution in [1.82, 2.24) is 9.88 Å². The molecule has 188 valence electrons. The van der Waals surface area contributed by atoms with Crippen LogP contribution in [0.25, 0.3) is 11.1 Å². The molecular formula is C26H28N4O6. The first-order valence-electron chi connectivity index (χ1n) is 12.0. The number of methoxy groups -OCH3 is 1. The Hall–Kier alpha value is -3.92. The highest BCUT2D eigenvalue weighted by Crippen LogP contribution is 2.33. The molecule has 3 amide bonds. The van der Waals surface area contributed by atoms with Crippen LogP contribution in [0, 0.1) is 5.92 Å². The monoisotopic (exact) mass is 492 g/mol. The molecule has 0 spiro atoms. The Morgan fingerprint density at radius 2 is 1.86 bits per heavy atom. The molecule has 1 saturated heterocycles. The summed E-state index contributed by atoms with van der Waals surface area (Å²) >= 11 is 0. The van der Waals surface area contributed by atoms with Crippen LogP contribution >= 0.6 is 0 Å². The minimum Gasteiger partial charge on any atom is -0.497 e. The average molecular weight is 493 g/mol. The number of hydrogen-bond acceptors (Lipinski definition) is 7. The van der Waals surface area contributed by atoms with Gasteiger partial charge < -0.3 is 29.4 Å². The van der Waals surface area contributed by atoms with Crippen molar-refractivity contribution in [3.63, 3.8) is 0 Å². The highest BCUT2D eigenvalue weighted by atomic mass is 16.5. The van der Waals surface area contributed by atoms with Crippen LogP contribution in [-0.2, 0) is 14.3 Å². The van der Waals surface area contributed by atoms with Crippen LogP contribution in [0.5, 0.6) is 5.75 Å². The van der Waals surface area contributed by atoms with E-state index in [1.165, 1.54) is 0 Å². The summed E-state index contributed by atoms with van der Waals surface area (Å²) in [6, 6.07) is 10.4. The topological polar surface area (TPSA) is 123 Å². The highest BCUT2D eigenvalue weighted by Gasteiger charge is 2.34. The predicted molar refractivity (Wildman–Crippen MR) is 132 cm³/mol. The lowest BCUT2D eigenvalue weighted by atomic mass is 9.84. The quantitative estimate of drug-likeness (QED) is 0.540. The Labute approximate surface area is 207 Å². The van der Waals surface area contributed by atoms with Gasteiger partial charge in [-0.25, -0.2) is 0 Å². The van der Waals surface area contributed by atoms with Crippen LogP contribution in [0.3, 0.4) is 0 Å². The Morgan fingerprint density at radius 1 is 1.08 bits per heavy atom. The zero-order valence-electron chi connectivity index (χ0n) is 20.0. The van der Waals surface area contributed by atoms with Gasteiger partial charge in [0.15, 0.2) is 5.58 Å². The number of furan rings is 1. The van der Waals surface area contributed by atoms with Crippen molar-refractivity contribution in [2.24, 2.45) is 5.92 Å². The van der Waals surface area contributed by atoms with Crippen molar-refractivity contribution in [2.45, 2.75) is 31.7 Å². The molecule has 1 aliphatic heterocycles. The van der Waals surface area contributed by atoms with Gasteiger partial charge in [0.05, 0.1) is 13.7 Å². The first-order chi connectivity index (χ1) is 17.5. The third-order valence-electron chi connectivity index (χ3n) is 6.78. The van der Waals surface area contributed by atoms with Crippen LogP contribution in [0.15, 0.2) is 47.0 Å². The second-order valence-electron chi connectivity index (χ2n) is 8.97. The van der Waals surface area contributed by atoms with E-state index in [0.717, 1.165) is 12.8 Å². The number of amides is 3. The lowest BCUT2D eigenvalue weighted by Crippen LogP contribution is -2.49. The fraction of sp³-hybridized carbons (Fsp3) is 0.385. The Bertz CT molecular complexity index is 1260. The zero-order chi connectivity index (χ0) is 25.1. The minimum atomic E-state index is -0.497. The molecule has 3 aromatic rings. The summed E-state index contributed by atoms with van der Waals surface area (Å²) in [4.78, 5) is 44.7. The van der Waals surface area contributed by atoms with Crippen molar-refractivity contribution < 1.29 is 28.3 Å². The number of nitrogens with zero attached hydrogens (tertiary/aromatic N) is 2. The number of rotatable bonds is 6. The number of benzene rings is 1. The van der Waals surface area contributed by atoms with E-state index in [2.05, 4.69) is 15.6 Å². The summed E-state index contributed by atoms with van der Waals surface area (Å²) in [6.45, 7) is 1.27. The van der Waals surface area contributed by atoms with Crippen molar-refractivity contribution in [3.8, 4) is 5.75 Å². The fourth-order valence-electron chi connectivity index (χ4n) is 4.86. The van der Waals surface area contributed by atoms with Crippen LogP contribution in [0.4, 0.5) is 11.4 Å². The van der Waals surface area contributed by atoms with Gasteiger partial charge in [0.2, 0.25) is 17.6 Å². The summed E-state index contributed by atoms with van der Waals surface area (Å²) in [5, 5.41) is 5.71. The van der Waals surface area contributed by atoms with E-state index in [0.29, 0.717) is 48.5 Å². The van der Waals surface area contributed by atoms with E-state index in [1.54, 1.807) is 49.7 Å². The number of nitrogens with one attached hydrogen (secondary N) is 2. The summed E-state index contributed by atoms with van der Waals surface area (Å²) in [5.74, 6) is -0.250. The van der Waals surface area contributed by atoms with Crippen molar-refractivity contribution in [3.05, 3.63) is 48.4 Å². The average Bonchev–Trinajstić information content (AvgIpc) is 3.28. The molecule has 1 saturated carbocycles. The smallest absolute Gasteiger partial charge is 0.293 e. The number of hydrogen-bond donors (Lipinski definition) is 2. The number of fused-ring (bicyclic) bond motifs is 1. The molecule has 2 N–H and O–H groups in total. The molecule has 2 aromatic heterocycles. The fourth-order valence-corrected chi connectivity index (χ4v) is 4.86. The number of anilines is 2. The first-order valence-corrected chi connectivity index (χ1v) is 12.0. The lowest BCUT2D eigenvalue weighted by molar-refractivity contribution is -0.146. The van der Waals surface area contributed by atoms with Gasteiger partial charge in [0.25, 0.3) is 5.91 Å². The number of pyridine rings is 1. The highest BCUT2D eigenvalue weighted by molar-refractivity contribution is 6.13. The zero-order valence-corrected chi connectivity index (χ0v) is 20.0. The van der Waals surface area contributed by atoms with Gasteiger partial charge in [-0.1, -0.05) is 0 Å². The molecule has 0 bridgehead atoms. The summed E-state index contributed by atoms with van der Waals surface area (Å²) in [7, 11) is 1.57. The second kappa shape index (κ2) is 10.4. The second-order valence-corrected chi connectivity index (χ2v) is 8.97. The molecule has 3 heterocycles. The van der Waals surface area contributed by atoms with E-state index in [4.69, 9.17) is 13.9 Å². The van der Waals surface area contributed by atoms with Gasteiger partial charge in [-0.05, 0) is 62.1 Å². The number of ether oxygens (including phenoxy) is 2. The third-order valence-corrected chi connectivity index (χ3v) is 6.78. The molecule has 1 aliphatic carbocycles. The molecule has 0 radical (unpaired) electrons. The first kappa shape index (κ1) is 23.8. The van der Waals surface area contributed by atoms with Gasteiger partial charge in [-0.2, -0.15) is 0 Å². The van der Waals surface area contributed by atoms with Crippen molar-refractivity contribution >= 4 is 40.2 Å². The van der Waals surface area contributed by atoms with E-state index in [-0.39, 0.29) is 41.8 Å². The summed E-state index contributed by atoms with van der Waals surface area (Å²) in [6.07, 6.45) is 4.39. The van der Waals surface area contributed by atoms with Gasteiger partial charge in [-0.3, -0.25) is 19.4 Å². The third kappa shape index (κ3) is 4.90. The van der Waals surface area contributed by atoms with Gasteiger partial charge in [-0.15, -0.1) is 0 Å². The molecule has 2 fully saturated rings. The molecule has 1 aromatic carbocycles. The molecule has 5 rings (SSSR count). The van der Waals surface area contributed by atoms with Crippen LogP contribution < -0.4 is 15.4 Å². The minimum absolute atomic E-state index is 0.0117. The molecular weight excluding hydrogens is 464 g/mol. The predicted octanol–water partition coefficient (Wildman–Crippen LogP) is 3.44. The Morgan fingerprint density at radius 3 is 2.58 bits per heavy atom. The van der Waals surface area contributed by atoms with E-state index < -0.39 is 5.91 Å². The maximum absolute atomic E-state index is 13.2. The lowest BCUT2D eigenvalue weighted by Gasteiger charge is -2.38. The number of aromatic nitrogens is 1. The van der Waals surface area contributed by atoms with Gasteiger partial charge >= 0.3 is 0 Å². The maximum atomic E-state index is 13.2. The maximum Gasteiger partial charge on any atom is 0.293 e. The van der Waals surface area contributed by atoms with Gasteiger partial charge in [0, 0.05) is 30.4 Å². The van der Waals surface area contributed by atoms with Crippen LogP contribution in [0.1, 0.15) is 36.2 Å². The van der Waals surface area contributed by atoms with Crippen molar-refractivity contribution in [2.75, 3.05) is 37.5 Å².